The Kier molecular flexibility index (Phi) is 5.94. The van der Waals surface area contributed by atoms with Crippen molar-refractivity contribution in [3.8, 4) is 11.5 Å². The molecule has 0 unspecified atom stereocenters. The molecule has 2 N–H and O–H groups in total. The van der Waals surface area contributed by atoms with E-state index in [2.05, 4.69) is 15.6 Å². The lowest BCUT2D eigenvalue weighted by Gasteiger charge is -2.23. The second kappa shape index (κ2) is 8.56. The summed E-state index contributed by atoms with van der Waals surface area (Å²) < 4.78 is 10.5. The van der Waals surface area contributed by atoms with Crippen molar-refractivity contribution in [2.45, 2.75) is 38.1 Å². The molecule has 6 heteroatoms. The van der Waals surface area contributed by atoms with E-state index >= 15 is 0 Å². The summed E-state index contributed by atoms with van der Waals surface area (Å²) in [6, 6.07) is 7.57. The van der Waals surface area contributed by atoms with Crippen molar-refractivity contribution in [2.75, 3.05) is 24.9 Å². The molecule has 1 aliphatic carbocycles. The van der Waals surface area contributed by atoms with Crippen molar-refractivity contribution in [1.82, 2.24) is 4.98 Å². The van der Waals surface area contributed by atoms with Crippen molar-refractivity contribution in [2.24, 2.45) is 0 Å². The molecule has 26 heavy (non-hydrogen) atoms. The molecule has 1 fully saturated rings. The number of carbonyl (C=O) groups excluding carboxylic acids is 1. The summed E-state index contributed by atoms with van der Waals surface area (Å²) in [5.74, 6) is 0.979. The lowest BCUT2D eigenvalue weighted by atomic mass is 9.95. The number of aromatic nitrogens is 1. The molecule has 1 aliphatic rings. The Morgan fingerprint density at radius 2 is 1.88 bits per heavy atom. The smallest absolute Gasteiger partial charge is 0.257 e. The highest BCUT2D eigenvalue weighted by Crippen LogP contribution is 2.29. The number of carbonyl (C=O) groups is 1. The Morgan fingerprint density at radius 3 is 2.62 bits per heavy atom. The predicted octanol–water partition coefficient (Wildman–Crippen LogP) is 4.10. The van der Waals surface area contributed by atoms with Crippen LogP contribution < -0.4 is 20.1 Å². The Balaban J connectivity index is 1.72. The zero-order chi connectivity index (χ0) is 18.4. The zero-order valence-corrected chi connectivity index (χ0v) is 15.2. The fourth-order valence-corrected chi connectivity index (χ4v) is 3.23. The van der Waals surface area contributed by atoms with Crippen molar-refractivity contribution >= 4 is 17.3 Å². The number of nitrogens with one attached hydrogen (secondary N) is 2. The van der Waals surface area contributed by atoms with Gasteiger partial charge in [-0.2, -0.15) is 0 Å². The summed E-state index contributed by atoms with van der Waals surface area (Å²) in [4.78, 5) is 16.9. The molecule has 138 valence electrons. The van der Waals surface area contributed by atoms with Gasteiger partial charge in [0.1, 0.15) is 11.5 Å². The molecule has 6 nitrogen and oxygen atoms in total. The number of rotatable bonds is 6. The number of ether oxygens (including phenoxy) is 2. The third-order valence-electron chi connectivity index (χ3n) is 4.63. The molecule has 1 amide bonds. The van der Waals surface area contributed by atoms with Gasteiger partial charge in [-0.1, -0.05) is 19.3 Å². The minimum Gasteiger partial charge on any atom is -0.497 e. The van der Waals surface area contributed by atoms with E-state index in [-0.39, 0.29) is 5.91 Å². The fourth-order valence-electron chi connectivity index (χ4n) is 3.23. The van der Waals surface area contributed by atoms with Crippen LogP contribution in [0.4, 0.5) is 11.4 Å². The number of amides is 1. The second-order valence-corrected chi connectivity index (χ2v) is 6.46. The van der Waals surface area contributed by atoms with E-state index in [1.54, 1.807) is 44.8 Å². The minimum absolute atomic E-state index is 0.239. The summed E-state index contributed by atoms with van der Waals surface area (Å²) in [6.07, 6.45) is 9.46. The molecule has 0 radical (unpaired) electrons. The van der Waals surface area contributed by atoms with Crippen LogP contribution in [-0.2, 0) is 0 Å². The van der Waals surface area contributed by atoms with Crippen molar-refractivity contribution < 1.29 is 14.3 Å². The first-order valence-electron chi connectivity index (χ1n) is 8.94. The van der Waals surface area contributed by atoms with Gasteiger partial charge in [-0.05, 0) is 31.0 Å². The summed E-state index contributed by atoms with van der Waals surface area (Å²) >= 11 is 0. The Labute approximate surface area is 153 Å². The highest BCUT2D eigenvalue weighted by Gasteiger charge is 2.15. The number of hydrogen-bond acceptors (Lipinski definition) is 5. The first kappa shape index (κ1) is 18.0. The first-order valence-corrected chi connectivity index (χ1v) is 8.94. The zero-order valence-electron chi connectivity index (χ0n) is 15.2. The Bertz CT molecular complexity index is 758. The van der Waals surface area contributed by atoms with E-state index in [9.17, 15) is 4.79 Å². The molecule has 0 atom stereocenters. The van der Waals surface area contributed by atoms with Gasteiger partial charge in [0.05, 0.1) is 31.2 Å². The molecular formula is C20H25N3O3. The van der Waals surface area contributed by atoms with Crippen LogP contribution in [0.15, 0.2) is 36.7 Å². The van der Waals surface area contributed by atoms with Crippen LogP contribution in [0.25, 0.3) is 0 Å². The number of methoxy groups -OCH3 is 2. The van der Waals surface area contributed by atoms with E-state index in [1.807, 2.05) is 6.07 Å². The fraction of sp³-hybridized carbons (Fsp3) is 0.400. The quantitative estimate of drug-likeness (QED) is 0.816. The average Bonchev–Trinajstić information content (AvgIpc) is 2.69. The minimum atomic E-state index is -0.239. The molecule has 0 spiro atoms. The molecule has 0 aliphatic heterocycles. The average molecular weight is 355 g/mol. The highest BCUT2D eigenvalue weighted by molar-refractivity contribution is 6.05. The molecule has 1 aromatic heterocycles. The molecule has 1 heterocycles. The number of anilines is 2. The highest BCUT2D eigenvalue weighted by atomic mass is 16.5. The predicted molar refractivity (Wildman–Crippen MR) is 102 cm³/mol. The van der Waals surface area contributed by atoms with E-state index in [0.717, 1.165) is 18.5 Å². The maximum Gasteiger partial charge on any atom is 0.257 e. The van der Waals surface area contributed by atoms with Crippen LogP contribution in [0.2, 0.25) is 0 Å². The topological polar surface area (TPSA) is 72.5 Å². The van der Waals surface area contributed by atoms with Crippen LogP contribution in [-0.4, -0.2) is 31.2 Å². The third kappa shape index (κ3) is 4.45. The van der Waals surface area contributed by atoms with Gasteiger partial charge in [0, 0.05) is 24.5 Å². The van der Waals surface area contributed by atoms with Gasteiger partial charge in [0.25, 0.3) is 5.91 Å². The molecular weight excluding hydrogens is 330 g/mol. The van der Waals surface area contributed by atoms with Crippen LogP contribution >= 0.6 is 0 Å². The summed E-state index contributed by atoms with van der Waals surface area (Å²) in [7, 11) is 3.14. The van der Waals surface area contributed by atoms with Crippen LogP contribution in [0.3, 0.4) is 0 Å². The molecule has 3 rings (SSSR count). The molecule has 1 saturated carbocycles. The molecule has 2 aromatic rings. The summed E-state index contributed by atoms with van der Waals surface area (Å²) in [5.41, 5.74) is 1.93. The van der Waals surface area contributed by atoms with Crippen LogP contribution in [0.5, 0.6) is 11.5 Å². The molecule has 0 bridgehead atoms. The van der Waals surface area contributed by atoms with Crippen molar-refractivity contribution in [1.29, 1.82) is 0 Å². The van der Waals surface area contributed by atoms with E-state index in [1.165, 1.54) is 19.3 Å². The first-order chi connectivity index (χ1) is 12.7. The van der Waals surface area contributed by atoms with E-state index in [0.29, 0.717) is 28.8 Å². The number of hydrogen-bond donors (Lipinski definition) is 2. The summed E-state index contributed by atoms with van der Waals surface area (Å²) in [6.45, 7) is 0. The maximum absolute atomic E-state index is 12.7. The van der Waals surface area contributed by atoms with Gasteiger partial charge in [-0.25, -0.2) is 0 Å². The number of benzene rings is 1. The maximum atomic E-state index is 12.7. The van der Waals surface area contributed by atoms with Gasteiger partial charge >= 0.3 is 0 Å². The van der Waals surface area contributed by atoms with E-state index in [4.69, 9.17) is 9.47 Å². The second-order valence-electron chi connectivity index (χ2n) is 6.46. The van der Waals surface area contributed by atoms with Crippen LogP contribution in [0, 0.1) is 0 Å². The number of pyridine rings is 1. The van der Waals surface area contributed by atoms with Gasteiger partial charge in [-0.15, -0.1) is 0 Å². The van der Waals surface area contributed by atoms with E-state index < -0.39 is 0 Å². The third-order valence-corrected chi connectivity index (χ3v) is 4.63. The molecule has 1 aromatic carbocycles. The van der Waals surface area contributed by atoms with Gasteiger partial charge in [0.15, 0.2) is 0 Å². The van der Waals surface area contributed by atoms with Gasteiger partial charge in [-0.3, -0.25) is 9.78 Å². The van der Waals surface area contributed by atoms with Crippen molar-refractivity contribution in [3.05, 3.63) is 42.2 Å². The standard InChI is InChI=1S/C20H25N3O3/c1-25-17-8-9-19(26-2)18(11-17)23-20(24)14-10-16(13-21-12-14)22-15-6-4-3-5-7-15/h8-13,15,22H,3-7H2,1-2H3,(H,23,24). The Morgan fingerprint density at radius 1 is 1.08 bits per heavy atom. The lowest BCUT2D eigenvalue weighted by Crippen LogP contribution is -2.22. The van der Waals surface area contributed by atoms with Crippen LogP contribution in [0.1, 0.15) is 42.5 Å². The van der Waals surface area contributed by atoms with Crippen molar-refractivity contribution in [3.63, 3.8) is 0 Å². The lowest BCUT2D eigenvalue weighted by molar-refractivity contribution is 0.102. The summed E-state index contributed by atoms with van der Waals surface area (Å²) in [5, 5.41) is 6.37. The normalized spacial score (nSPS) is 14.5. The van der Waals surface area contributed by atoms with Gasteiger partial charge in [0.2, 0.25) is 0 Å². The SMILES string of the molecule is COc1ccc(OC)c(NC(=O)c2cncc(NC3CCCCC3)c2)c1. The number of nitrogens with zero attached hydrogens (tertiary/aromatic N) is 1. The Hall–Kier alpha value is -2.76. The monoisotopic (exact) mass is 355 g/mol. The van der Waals surface area contributed by atoms with Gasteiger partial charge < -0.3 is 20.1 Å². The largest absolute Gasteiger partial charge is 0.497 e. The molecule has 0 saturated heterocycles.